The molecule has 1 heterocycles. The lowest BCUT2D eigenvalue weighted by atomic mass is 9.95. The molecule has 26 heavy (non-hydrogen) atoms. The number of benzene rings is 2. The Kier molecular flexibility index (Phi) is 5.28. The quantitative estimate of drug-likeness (QED) is 0.843. The monoisotopic (exact) mass is 350 g/mol. The molecule has 1 saturated heterocycles. The van der Waals surface area contributed by atoms with E-state index in [1.165, 1.54) is 35.1 Å². The van der Waals surface area contributed by atoms with Gasteiger partial charge in [0, 0.05) is 32.2 Å². The van der Waals surface area contributed by atoms with Crippen LogP contribution in [0.2, 0.25) is 0 Å². The van der Waals surface area contributed by atoms with Crippen molar-refractivity contribution in [1.82, 2.24) is 10.2 Å². The van der Waals surface area contributed by atoms with Gasteiger partial charge in [0.05, 0.1) is 0 Å². The summed E-state index contributed by atoms with van der Waals surface area (Å²) >= 11 is 0. The molecule has 1 saturated carbocycles. The van der Waals surface area contributed by atoms with Crippen LogP contribution in [0.3, 0.4) is 0 Å². The molecule has 0 spiro atoms. The molecule has 2 aromatic carbocycles. The molecule has 1 aliphatic heterocycles. The lowest BCUT2D eigenvalue weighted by molar-refractivity contribution is 0.156. The van der Waals surface area contributed by atoms with Crippen molar-refractivity contribution in [1.29, 1.82) is 0 Å². The number of nitrogens with zero attached hydrogens (tertiary/aromatic N) is 1. The molecule has 0 amide bonds. The van der Waals surface area contributed by atoms with Gasteiger partial charge in [0.25, 0.3) is 0 Å². The van der Waals surface area contributed by atoms with Gasteiger partial charge >= 0.3 is 0 Å². The average molecular weight is 351 g/mol. The Morgan fingerprint density at radius 3 is 2.31 bits per heavy atom. The normalized spacial score (nSPS) is 19.3. The summed E-state index contributed by atoms with van der Waals surface area (Å²) < 4.78 is 6.19. The molecule has 2 aliphatic rings. The van der Waals surface area contributed by atoms with E-state index in [-0.39, 0.29) is 0 Å². The summed E-state index contributed by atoms with van der Waals surface area (Å²) in [5, 5.41) is 3.48. The fourth-order valence-corrected chi connectivity index (χ4v) is 4.27. The molecule has 0 unspecified atom stereocenters. The SMILES string of the molecule is Cc1cc([C@H](C2CC2)N2CCNCC2)cc(C)c1OCc1ccccc1. The molecule has 4 rings (SSSR count). The number of piperazine rings is 1. The molecular formula is C23H30N2O. The maximum absolute atomic E-state index is 6.19. The first-order valence-corrected chi connectivity index (χ1v) is 9.95. The van der Waals surface area contributed by atoms with Gasteiger partial charge in [0.2, 0.25) is 0 Å². The van der Waals surface area contributed by atoms with Gasteiger partial charge < -0.3 is 10.1 Å². The minimum absolute atomic E-state index is 0.581. The minimum Gasteiger partial charge on any atom is -0.488 e. The highest BCUT2D eigenvalue weighted by molar-refractivity contribution is 5.45. The Labute approximate surface area is 157 Å². The van der Waals surface area contributed by atoms with Gasteiger partial charge in [-0.05, 0) is 54.9 Å². The third kappa shape index (κ3) is 3.94. The van der Waals surface area contributed by atoms with Crippen LogP contribution in [0.1, 0.15) is 41.1 Å². The highest BCUT2D eigenvalue weighted by atomic mass is 16.5. The topological polar surface area (TPSA) is 24.5 Å². The predicted molar refractivity (Wildman–Crippen MR) is 107 cm³/mol. The number of rotatable bonds is 6. The van der Waals surface area contributed by atoms with E-state index >= 15 is 0 Å². The molecule has 2 aromatic rings. The van der Waals surface area contributed by atoms with E-state index in [0.29, 0.717) is 12.6 Å². The molecule has 1 N–H and O–H groups in total. The van der Waals surface area contributed by atoms with E-state index in [1.807, 2.05) is 6.07 Å². The third-order valence-electron chi connectivity index (χ3n) is 5.66. The average Bonchev–Trinajstić information content (AvgIpc) is 3.48. The van der Waals surface area contributed by atoms with Crippen molar-refractivity contribution in [3.05, 3.63) is 64.7 Å². The van der Waals surface area contributed by atoms with Crippen molar-refractivity contribution in [2.24, 2.45) is 5.92 Å². The standard InChI is InChI=1S/C23H30N2O/c1-17-14-21(22(20-8-9-20)25-12-10-24-11-13-25)15-18(2)23(17)26-16-19-6-4-3-5-7-19/h3-7,14-15,20,22,24H,8-13,16H2,1-2H3/t22-/m0/s1. The largest absolute Gasteiger partial charge is 0.488 e. The highest BCUT2D eigenvalue weighted by Crippen LogP contribution is 2.45. The second-order valence-electron chi connectivity index (χ2n) is 7.83. The van der Waals surface area contributed by atoms with Crippen molar-refractivity contribution in [2.45, 2.75) is 39.3 Å². The molecule has 3 nitrogen and oxygen atoms in total. The van der Waals surface area contributed by atoms with Crippen molar-refractivity contribution >= 4 is 0 Å². The zero-order chi connectivity index (χ0) is 17.9. The van der Waals surface area contributed by atoms with Crippen molar-refractivity contribution in [3.63, 3.8) is 0 Å². The fraction of sp³-hybridized carbons (Fsp3) is 0.478. The lowest BCUT2D eigenvalue weighted by Gasteiger charge is -2.36. The van der Waals surface area contributed by atoms with E-state index < -0.39 is 0 Å². The van der Waals surface area contributed by atoms with Crippen molar-refractivity contribution < 1.29 is 4.74 Å². The Balaban J connectivity index is 1.54. The maximum atomic E-state index is 6.19. The molecule has 1 aliphatic carbocycles. The fourth-order valence-electron chi connectivity index (χ4n) is 4.27. The van der Waals surface area contributed by atoms with Crippen LogP contribution in [0.15, 0.2) is 42.5 Å². The highest BCUT2D eigenvalue weighted by Gasteiger charge is 2.37. The number of hydrogen-bond donors (Lipinski definition) is 1. The Morgan fingerprint density at radius 2 is 1.69 bits per heavy atom. The molecule has 2 fully saturated rings. The zero-order valence-corrected chi connectivity index (χ0v) is 16.0. The third-order valence-corrected chi connectivity index (χ3v) is 5.66. The summed E-state index contributed by atoms with van der Waals surface area (Å²) in [6.45, 7) is 9.55. The van der Waals surface area contributed by atoms with E-state index in [9.17, 15) is 0 Å². The second-order valence-corrected chi connectivity index (χ2v) is 7.83. The van der Waals surface area contributed by atoms with E-state index in [2.05, 4.69) is 60.5 Å². The minimum atomic E-state index is 0.581. The second kappa shape index (κ2) is 7.81. The maximum Gasteiger partial charge on any atom is 0.125 e. The number of ether oxygens (including phenoxy) is 1. The van der Waals surface area contributed by atoms with Crippen LogP contribution >= 0.6 is 0 Å². The molecule has 0 aromatic heterocycles. The number of aryl methyl sites for hydroxylation is 2. The number of nitrogens with one attached hydrogen (secondary N) is 1. The summed E-state index contributed by atoms with van der Waals surface area (Å²) in [4.78, 5) is 2.69. The predicted octanol–water partition coefficient (Wildman–Crippen LogP) is 4.24. The summed E-state index contributed by atoms with van der Waals surface area (Å²) in [6.07, 6.45) is 2.75. The van der Waals surface area contributed by atoms with Gasteiger partial charge in [-0.2, -0.15) is 0 Å². The van der Waals surface area contributed by atoms with Crippen LogP contribution in [-0.4, -0.2) is 31.1 Å². The van der Waals surface area contributed by atoms with Crippen LogP contribution in [-0.2, 0) is 6.61 Å². The zero-order valence-electron chi connectivity index (χ0n) is 16.0. The van der Waals surface area contributed by atoms with Crippen molar-refractivity contribution in [2.75, 3.05) is 26.2 Å². The summed E-state index contributed by atoms with van der Waals surface area (Å²) in [5.41, 5.74) is 5.22. The Morgan fingerprint density at radius 1 is 1.04 bits per heavy atom. The molecule has 0 bridgehead atoms. The smallest absolute Gasteiger partial charge is 0.125 e. The number of hydrogen-bond acceptors (Lipinski definition) is 3. The first-order chi connectivity index (χ1) is 12.7. The van der Waals surface area contributed by atoms with Crippen LogP contribution in [0.25, 0.3) is 0 Å². The van der Waals surface area contributed by atoms with Crippen LogP contribution < -0.4 is 10.1 Å². The van der Waals surface area contributed by atoms with Gasteiger partial charge in [0.1, 0.15) is 12.4 Å². The first-order valence-electron chi connectivity index (χ1n) is 9.95. The summed E-state index contributed by atoms with van der Waals surface area (Å²) in [7, 11) is 0. The van der Waals surface area contributed by atoms with Gasteiger partial charge in [-0.25, -0.2) is 0 Å². The Bertz CT molecular complexity index is 710. The van der Waals surface area contributed by atoms with E-state index in [4.69, 9.17) is 4.74 Å². The van der Waals surface area contributed by atoms with Gasteiger partial charge in [0.15, 0.2) is 0 Å². The van der Waals surface area contributed by atoms with Gasteiger partial charge in [-0.1, -0.05) is 42.5 Å². The van der Waals surface area contributed by atoms with Gasteiger partial charge in [-0.15, -0.1) is 0 Å². The summed E-state index contributed by atoms with van der Waals surface area (Å²) in [5.74, 6) is 1.88. The first kappa shape index (κ1) is 17.6. The molecular weight excluding hydrogens is 320 g/mol. The van der Waals surface area contributed by atoms with E-state index in [0.717, 1.165) is 37.8 Å². The van der Waals surface area contributed by atoms with Crippen LogP contribution in [0.4, 0.5) is 0 Å². The van der Waals surface area contributed by atoms with Crippen LogP contribution in [0.5, 0.6) is 5.75 Å². The van der Waals surface area contributed by atoms with E-state index in [1.54, 1.807) is 0 Å². The molecule has 0 radical (unpaired) electrons. The van der Waals surface area contributed by atoms with Gasteiger partial charge in [-0.3, -0.25) is 4.90 Å². The van der Waals surface area contributed by atoms with Crippen LogP contribution in [0, 0.1) is 19.8 Å². The lowest BCUT2D eigenvalue weighted by Crippen LogP contribution is -2.45. The molecule has 138 valence electrons. The van der Waals surface area contributed by atoms with Crippen molar-refractivity contribution in [3.8, 4) is 5.75 Å². The molecule has 3 heteroatoms. The summed E-state index contributed by atoms with van der Waals surface area (Å²) in [6, 6.07) is 15.7. The Hall–Kier alpha value is -1.84. The molecule has 1 atom stereocenters.